The number of rotatable bonds is 5. The minimum atomic E-state index is -0.612. The smallest absolute Gasteiger partial charge is 0.235 e. The van der Waals surface area contributed by atoms with Crippen LogP contribution in [0.1, 0.15) is 63.4 Å². The fraction of sp³-hybridized carbons (Fsp3) is 0.458. The quantitative estimate of drug-likeness (QED) is 0.545. The van der Waals surface area contributed by atoms with E-state index in [9.17, 15) is 4.79 Å². The third-order valence-corrected chi connectivity index (χ3v) is 6.85. The summed E-state index contributed by atoms with van der Waals surface area (Å²) < 4.78 is 6.03. The van der Waals surface area contributed by atoms with Crippen molar-refractivity contribution in [3.05, 3.63) is 58.1 Å². The van der Waals surface area contributed by atoms with Crippen LogP contribution in [0.15, 0.2) is 42.5 Å². The van der Waals surface area contributed by atoms with E-state index in [-0.39, 0.29) is 5.91 Å². The number of halogens is 2. The zero-order valence-electron chi connectivity index (χ0n) is 16.6. The SMILES string of the molecule is O=C(Nc1ccc(OC2CCCC2)cc1)C1(c2ccc(Cl)cc2Cl)CCCCC1. The molecule has 1 N–H and O–H groups in total. The maximum absolute atomic E-state index is 13.5. The molecule has 0 spiro atoms. The number of benzene rings is 2. The van der Waals surface area contributed by atoms with E-state index in [1.54, 1.807) is 6.07 Å². The van der Waals surface area contributed by atoms with Gasteiger partial charge in [0.05, 0.1) is 11.5 Å². The standard InChI is InChI=1S/C24H27Cl2NO2/c25-17-8-13-21(22(26)16-17)24(14-4-1-5-15-24)23(28)27-18-9-11-20(12-10-18)29-19-6-2-3-7-19/h8-13,16,19H,1-7,14-15H2,(H,27,28). The molecule has 2 saturated carbocycles. The van der Waals surface area contributed by atoms with Crippen molar-refractivity contribution in [3.63, 3.8) is 0 Å². The van der Waals surface area contributed by atoms with Crippen LogP contribution in [0, 0.1) is 0 Å². The van der Waals surface area contributed by atoms with Crippen molar-refractivity contribution in [1.29, 1.82) is 0 Å². The molecule has 2 aliphatic carbocycles. The Bertz CT molecular complexity index is 854. The summed E-state index contributed by atoms with van der Waals surface area (Å²) in [7, 11) is 0. The second-order valence-electron chi connectivity index (χ2n) is 8.27. The van der Waals surface area contributed by atoms with Crippen molar-refractivity contribution in [2.45, 2.75) is 69.3 Å². The molecule has 0 saturated heterocycles. The van der Waals surface area contributed by atoms with E-state index >= 15 is 0 Å². The van der Waals surface area contributed by atoms with E-state index in [0.717, 1.165) is 61.9 Å². The Morgan fingerprint density at radius 1 is 0.931 bits per heavy atom. The van der Waals surface area contributed by atoms with Gasteiger partial charge in [0.25, 0.3) is 0 Å². The van der Waals surface area contributed by atoms with Crippen LogP contribution >= 0.6 is 23.2 Å². The highest BCUT2D eigenvalue weighted by atomic mass is 35.5. The van der Waals surface area contributed by atoms with Gasteiger partial charge in [0, 0.05) is 15.7 Å². The molecule has 154 valence electrons. The molecule has 0 aromatic heterocycles. The normalized spacial score (nSPS) is 19.1. The molecule has 4 rings (SSSR count). The zero-order valence-corrected chi connectivity index (χ0v) is 18.1. The Balaban J connectivity index is 1.52. The first-order valence-corrected chi connectivity index (χ1v) is 11.4. The van der Waals surface area contributed by atoms with Crippen molar-refractivity contribution in [1.82, 2.24) is 0 Å². The van der Waals surface area contributed by atoms with Gasteiger partial charge in [-0.25, -0.2) is 0 Å². The summed E-state index contributed by atoms with van der Waals surface area (Å²) in [5, 5.41) is 4.28. The lowest BCUT2D eigenvalue weighted by molar-refractivity contribution is -0.122. The third kappa shape index (κ3) is 4.57. The molecule has 3 nitrogen and oxygen atoms in total. The lowest BCUT2D eigenvalue weighted by Crippen LogP contribution is -2.42. The topological polar surface area (TPSA) is 38.3 Å². The molecular formula is C24H27Cl2NO2. The monoisotopic (exact) mass is 431 g/mol. The van der Waals surface area contributed by atoms with Crippen LogP contribution in [0.5, 0.6) is 5.75 Å². The van der Waals surface area contributed by atoms with Crippen molar-refractivity contribution in [3.8, 4) is 5.75 Å². The highest BCUT2D eigenvalue weighted by Gasteiger charge is 2.42. The summed E-state index contributed by atoms with van der Waals surface area (Å²) in [6, 6.07) is 13.2. The Morgan fingerprint density at radius 3 is 2.28 bits per heavy atom. The number of hydrogen-bond donors (Lipinski definition) is 1. The number of carbonyl (C=O) groups excluding carboxylic acids is 1. The van der Waals surface area contributed by atoms with Gasteiger partial charge in [-0.05, 0) is 80.5 Å². The summed E-state index contributed by atoms with van der Waals surface area (Å²) in [4.78, 5) is 13.5. The second-order valence-corrected chi connectivity index (χ2v) is 9.11. The van der Waals surface area contributed by atoms with Crippen molar-refractivity contribution in [2.24, 2.45) is 0 Å². The number of carbonyl (C=O) groups is 1. The van der Waals surface area contributed by atoms with Crippen LogP contribution in [0.2, 0.25) is 10.0 Å². The van der Waals surface area contributed by atoms with Gasteiger partial charge >= 0.3 is 0 Å². The van der Waals surface area contributed by atoms with Gasteiger partial charge in [0.15, 0.2) is 0 Å². The van der Waals surface area contributed by atoms with E-state index in [0.29, 0.717) is 16.1 Å². The molecular weight excluding hydrogens is 405 g/mol. The molecule has 0 aliphatic heterocycles. The highest BCUT2D eigenvalue weighted by Crippen LogP contribution is 2.44. The van der Waals surface area contributed by atoms with Gasteiger partial charge < -0.3 is 10.1 Å². The average Bonchev–Trinajstić information content (AvgIpc) is 3.23. The molecule has 1 amide bonds. The van der Waals surface area contributed by atoms with Crippen LogP contribution in [0.25, 0.3) is 0 Å². The van der Waals surface area contributed by atoms with Gasteiger partial charge in [0.1, 0.15) is 5.75 Å². The van der Waals surface area contributed by atoms with Crippen molar-refractivity contribution < 1.29 is 9.53 Å². The molecule has 0 atom stereocenters. The Kier molecular flexibility index (Phi) is 6.36. The molecule has 2 aliphatic rings. The van der Waals surface area contributed by atoms with E-state index in [4.69, 9.17) is 27.9 Å². The lowest BCUT2D eigenvalue weighted by Gasteiger charge is -2.37. The summed E-state index contributed by atoms with van der Waals surface area (Å²) >= 11 is 12.6. The number of nitrogens with one attached hydrogen (secondary N) is 1. The van der Waals surface area contributed by atoms with Crippen molar-refractivity contribution >= 4 is 34.8 Å². The lowest BCUT2D eigenvalue weighted by atomic mass is 9.68. The molecule has 5 heteroatoms. The molecule has 0 heterocycles. The maximum atomic E-state index is 13.5. The number of hydrogen-bond acceptors (Lipinski definition) is 2. The molecule has 29 heavy (non-hydrogen) atoms. The average molecular weight is 432 g/mol. The highest BCUT2D eigenvalue weighted by molar-refractivity contribution is 6.35. The predicted molar refractivity (Wildman–Crippen MR) is 119 cm³/mol. The first kappa shape index (κ1) is 20.6. The Labute approximate surface area is 182 Å². The van der Waals surface area contributed by atoms with Crippen LogP contribution in [-0.4, -0.2) is 12.0 Å². The van der Waals surface area contributed by atoms with E-state index in [1.165, 1.54) is 12.8 Å². The zero-order chi connectivity index (χ0) is 20.3. The summed E-state index contributed by atoms with van der Waals surface area (Å²) in [5.41, 5.74) is 1.05. The van der Waals surface area contributed by atoms with Crippen LogP contribution in [0.4, 0.5) is 5.69 Å². The van der Waals surface area contributed by atoms with E-state index < -0.39 is 5.41 Å². The van der Waals surface area contributed by atoms with Crippen LogP contribution < -0.4 is 10.1 Å². The number of anilines is 1. The minimum absolute atomic E-state index is 0.00545. The fourth-order valence-electron chi connectivity index (χ4n) is 4.72. The fourth-order valence-corrected chi connectivity index (χ4v) is 5.31. The molecule has 0 radical (unpaired) electrons. The van der Waals surface area contributed by atoms with Crippen LogP contribution in [-0.2, 0) is 10.2 Å². The van der Waals surface area contributed by atoms with Crippen molar-refractivity contribution in [2.75, 3.05) is 5.32 Å². The molecule has 0 unspecified atom stereocenters. The van der Waals surface area contributed by atoms with E-state index in [1.807, 2.05) is 36.4 Å². The van der Waals surface area contributed by atoms with Gasteiger partial charge in [-0.15, -0.1) is 0 Å². The first-order valence-electron chi connectivity index (χ1n) is 10.6. The summed E-state index contributed by atoms with van der Waals surface area (Å²) in [6.07, 6.45) is 9.84. The largest absolute Gasteiger partial charge is 0.490 e. The third-order valence-electron chi connectivity index (χ3n) is 6.31. The van der Waals surface area contributed by atoms with Gasteiger partial charge in [-0.3, -0.25) is 4.79 Å². The summed E-state index contributed by atoms with van der Waals surface area (Å²) in [5.74, 6) is 0.869. The second kappa shape index (κ2) is 8.97. The minimum Gasteiger partial charge on any atom is -0.490 e. The number of ether oxygens (including phenoxy) is 1. The Hall–Kier alpha value is -1.71. The van der Waals surface area contributed by atoms with Gasteiger partial charge in [0.2, 0.25) is 5.91 Å². The molecule has 2 aromatic carbocycles. The molecule has 0 bridgehead atoms. The number of amides is 1. The van der Waals surface area contributed by atoms with E-state index in [2.05, 4.69) is 5.32 Å². The van der Waals surface area contributed by atoms with Gasteiger partial charge in [-0.1, -0.05) is 48.5 Å². The molecule has 2 fully saturated rings. The Morgan fingerprint density at radius 2 is 1.62 bits per heavy atom. The maximum Gasteiger partial charge on any atom is 0.235 e. The van der Waals surface area contributed by atoms with Crippen LogP contribution in [0.3, 0.4) is 0 Å². The summed E-state index contributed by atoms with van der Waals surface area (Å²) in [6.45, 7) is 0. The predicted octanol–water partition coefficient (Wildman–Crippen LogP) is 7.16. The first-order chi connectivity index (χ1) is 14.1. The molecule has 2 aromatic rings. The van der Waals surface area contributed by atoms with Gasteiger partial charge in [-0.2, -0.15) is 0 Å².